The van der Waals surface area contributed by atoms with Crippen LogP contribution >= 0.6 is 0 Å². The van der Waals surface area contributed by atoms with Gasteiger partial charge in [-0.2, -0.15) is 0 Å². The van der Waals surface area contributed by atoms with Crippen LogP contribution in [0.1, 0.15) is 54.4 Å². The molecule has 0 saturated carbocycles. The molecule has 2 aliphatic rings. The lowest BCUT2D eigenvalue weighted by molar-refractivity contribution is -0.138. The molecule has 0 spiro atoms. The minimum atomic E-state index is -0.895. The number of carboxylic acids is 1. The molecule has 1 unspecified atom stereocenters. The van der Waals surface area contributed by atoms with Crippen LogP contribution in [0.25, 0.3) is 0 Å². The smallest absolute Gasteiger partial charge is 0.303 e. The summed E-state index contributed by atoms with van der Waals surface area (Å²) in [5.74, 6) is -2.29. The molecule has 3 rings (SSSR count). The van der Waals surface area contributed by atoms with Crippen molar-refractivity contribution in [2.24, 2.45) is 0 Å². The van der Waals surface area contributed by atoms with Crippen molar-refractivity contribution in [1.82, 2.24) is 10.2 Å². The second-order valence-corrected chi connectivity index (χ2v) is 6.88. The minimum Gasteiger partial charge on any atom is -0.481 e. The number of carbonyl (C=O) groups is 5. The van der Waals surface area contributed by atoms with Crippen molar-refractivity contribution >= 4 is 35.3 Å². The number of piperidine rings is 1. The van der Waals surface area contributed by atoms with E-state index in [9.17, 15) is 24.0 Å². The summed E-state index contributed by atoms with van der Waals surface area (Å²) in [5, 5.41) is 13.7. The maximum absolute atomic E-state index is 12.7. The molecule has 1 atom stereocenters. The van der Waals surface area contributed by atoms with Gasteiger partial charge in [0.05, 0.1) is 0 Å². The Bertz CT molecular complexity index is 850. The highest BCUT2D eigenvalue weighted by Crippen LogP contribution is 2.32. The molecule has 1 fully saturated rings. The zero-order chi connectivity index (χ0) is 20.3. The molecule has 148 valence electrons. The van der Waals surface area contributed by atoms with Gasteiger partial charge in [0.15, 0.2) is 0 Å². The molecular formula is C19H21N3O6. The average Bonchev–Trinajstić information content (AvgIpc) is 2.97. The molecule has 1 aromatic rings. The number of anilines is 1. The highest BCUT2D eigenvalue weighted by molar-refractivity contribution is 6.06. The van der Waals surface area contributed by atoms with E-state index >= 15 is 0 Å². The number of carboxylic acid groups (broad SMARTS) is 1. The Morgan fingerprint density at radius 1 is 1.18 bits per heavy atom. The molecule has 1 saturated heterocycles. The van der Waals surface area contributed by atoms with Crippen molar-refractivity contribution < 1.29 is 29.1 Å². The van der Waals surface area contributed by atoms with Crippen LogP contribution in [0, 0.1) is 0 Å². The van der Waals surface area contributed by atoms with E-state index in [1.54, 1.807) is 18.2 Å². The van der Waals surface area contributed by atoms with E-state index in [0.29, 0.717) is 29.7 Å². The van der Waals surface area contributed by atoms with E-state index in [1.807, 2.05) is 0 Å². The van der Waals surface area contributed by atoms with Crippen LogP contribution in [0.15, 0.2) is 18.2 Å². The normalized spacial score (nSPS) is 18.6. The van der Waals surface area contributed by atoms with Crippen molar-refractivity contribution in [2.45, 2.75) is 51.1 Å². The van der Waals surface area contributed by atoms with Crippen LogP contribution in [-0.2, 0) is 25.7 Å². The molecule has 0 aromatic heterocycles. The highest BCUT2D eigenvalue weighted by atomic mass is 16.4. The molecule has 1 aromatic carbocycles. The van der Waals surface area contributed by atoms with Gasteiger partial charge in [-0.3, -0.25) is 29.3 Å². The zero-order valence-corrected chi connectivity index (χ0v) is 15.2. The fourth-order valence-corrected chi connectivity index (χ4v) is 3.48. The van der Waals surface area contributed by atoms with Crippen LogP contribution in [0.2, 0.25) is 0 Å². The van der Waals surface area contributed by atoms with E-state index < -0.39 is 17.9 Å². The zero-order valence-electron chi connectivity index (χ0n) is 15.2. The summed E-state index contributed by atoms with van der Waals surface area (Å²) in [5.41, 5.74) is 1.56. The van der Waals surface area contributed by atoms with Gasteiger partial charge in [0.2, 0.25) is 17.7 Å². The molecule has 28 heavy (non-hydrogen) atoms. The largest absolute Gasteiger partial charge is 0.481 e. The Morgan fingerprint density at radius 3 is 2.64 bits per heavy atom. The third kappa shape index (κ3) is 4.19. The van der Waals surface area contributed by atoms with Crippen LogP contribution in [-0.4, -0.2) is 45.6 Å². The van der Waals surface area contributed by atoms with E-state index in [-0.39, 0.29) is 49.9 Å². The van der Waals surface area contributed by atoms with Crippen LogP contribution < -0.4 is 10.6 Å². The predicted octanol–water partition coefficient (Wildman–Crippen LogP) is 1.03. The first-order chi connectivity index (χ1) is 13.4. The van der Waals surface area contributed by atoms with E-state index in [2.05, 4.69) is 10.6 Å². The molecule has 4 amide bonds. The monoisotopic (exact) mass is 387 g/mol. The first-order valence-electron chi connectivity index (χ1n) is 9.15. The van der Waals surface area contributed by atoms with Crippen molar-refractivity contribution in [2.75, 3.05) is 5.32 Å². The number of imide groups is 1. The number of amides is 4. The van der Waals surface area contributed by atoms with E-state index in [0.717, 1.165) is 0 Å². The number of nitrogens with zero attached hydrogens (tertiary/aromatic N) is 1. The first kappa shape index (κ1) is 19.5. The second-order valence-electron chi connectivity index (χ2n) is 6.88. The Balaban J connectivity index is 1.66. The molecule has 9 heteroatoms. The number of rotatable bonds is 7. The summed E-state index contributed by atoms with van der Waals surface area (Å²) in [6, 6.07) is 4.28. The molecule has 0 aliphatic carbocycles. The van der Waals surface area contributed by atoms with Gasteiger partial charge < -0.3 is 15.3 Å². The van der Waals surface area contributed by atoms with Crippen molar-refractivity contribution in [3.8, 4) is 0 Å². The quantitative estimate of drug-likeness (QED) is 0.473. The summed E-state index contributed by atoms with van der Waals surface area (Å²) in [4.78, 5) is 60.3. The van der Waals surface area contributed by atoms with Crippen molar-refractivity contribution in [1.29, 1.82) is 0 Å². The van der Waals surface area contributed by atoms with E-state index in [4.69, 9.17) is 5.11 Å². The number of hydrogen-bond acceptors (Lipinski definition) is 5. The number of nitrogens with one attached hydrogen (secondary N) is 2. The fourth-order valence-electron chi connectivity index (χ4n) is 3.48. The van der Waals surface area contributed by atoms with Crippen LogP contribution in [0.4, 0.5) is 5.69 Å². The van der Waals surface area contributed by atoms with Gasteiger partial charge in [-0.1, -0.05) is 6.07 Å². The number of unbranched alkanes of at least 4 members (excludes halogenated alkanes) is 1. The first-order valence-corrected chi connectivity index (χ1v) is 9.15. The van der Waals surface area contributed by atoms with E-state index in [1.165, 1.54) is 4.90 Å². The molecule has 0 bridgehead atoms. The highest BCUT2D eigenvalue weighted by Gasteiger charge is 2.39. The maximum Gasteiger partial charge on any atom is 0.303 e. The van der Waals surface area contributed by atoms with Gasteiger partial charge in [0.1, 0.15) is 6.04 Å². The Labute approximate surface area is 161 Å². The second kappa shape index (κ2) is 8.20. The van der Waals surface area contributed by atoms with Gasteiger partial charge >= 0.3 is 5.97 Å². The molecular weight excluding hydrogens is 366 g/mol. The third-order valence-electron chi connectivity index (χ3n) is 4.90. The maximum atomic E-state index is 12.7. The molecule has 2 heterocycles. The Morgan fingerprint density at radius 2 is 1.93 bits per heavy atom. The van der Waals surface area contributed by atoms with Crippen molar-refractivity contribution in [3.63, 3.8) is 0 Å². The summed E-state index contributed by atoms with van der Waals surface area (Å²) < 4.78 is 0. The van der Waals surface area contributed by atoms with Crippen molar-refractivity contribution in [3.05, 3.63) is 29.3 Å². The standard InChI is InChI=1S/C19H21N3O6/c23-15(6-1-2-7-17(25)26)20-13-5-3-4-11-12(13)10-22(19(11)28)14-8-9-16(24)21-18(14)27/h3-5,14H,1-2,6-10H2,(H,20,23)(H,25,26)(H,21,24,27). The number of fused-ring (bicyclic) bond motifs is 1. The lowest BCUT2D eigenvalue weighted by Gasteiger charge is -2.29. The van der Waals surface area contributed by atoms with Gasteiger partial charge in [0, 0.05) is 42.6 Å². The number of aliphatic carboxylic acids is 1. The summed E-state index contributed by atoms with van der Waals surface area (Å²) in [6.45, 7) is 0.176. The average molecular weight is 387 g/mol. The third-order valence-corrected chi connectivity index (χ3v) is 4.90. The minimum absolute atomic E-state index is 0.0173. The SMILES string of the molecule is O=C(O)CCCCC(=O)Nc1cccc2c1CN(C1CCC(=O)NC1=O)C2=O. The lowest BCUT2D eigenvalue weighted by atomic mass is 10.0. The molecule has 0 radical (unpaired) electrons. The summed E-state index contributed by atoms with van der Waals surface area (Å²) >= 11 is 0. The topological polar surface area (TPSA) is 133 Å². The number of benzene rings is 1. The lowest BCUT2D eigenvalue weighted by Crippen LogP contribution is -2.52. The summed E-state index contributed by atoms with van der Waals surface area (Å²) in [7, 11) is 0. The molecule has 9 nitrogen and oxygen atoms in total. The van der Waals surface area contributed by atoms with Gasteiger partial charge in [-0.05, 0) is 31.4 Å². The Kier molecular flexibility index (Phi) is 5.72. The van der Waals surface area contributed by atoms with Gasteiger partial charge in [0.25, 0.3) is 5.91 Å². The predicted molar refractivity (Wildman–Crippen MR) is 97.2 cm³/mol. The van der Waals surface area contributed by atoms with Crippen LogP contribution in [0.5, 0.6) is 0 Å². The molecule has 2 aliphatic heterocycles. The van der Waals surface area contributed by atoms with Gasteiger partial charge in [-0.15, -0.1) is 0 Å². The van der Waals surface area contributed by atoms with Gasteiger partial charge in [-0.25, -0.2) is 0 Å². The summed E-state index contributed by atoms with van der Waals surface area (Å²) in [6.07, 6.45) is 1.52. The molecule has 3 N–H and O–H groups in total. The van der Waals surface area contributed by atoms with Crippen LogP contribution in [0.3, 0.4) is 0 Å². The number of carbonyl (C=O) groups excluding carboxylic acids is 4. The Hall–Kier alpha value is -3.23. The number of hydrogen-bond donors (Lipinski definition) is 3. The fraction of sp³-hybridized carbons (Fsp3) is 0.421.